The predicted molar refractivity (Wildman–Crippen MR) is 96.7 cm³/mol. The number of rotatable bonds is 4. The zero-order chi connectivity index (χ0) is 17.6. The average molecular weight is 359 g/mol. The summed E-state index contributed by atoms with van der Waals surface area (Å²) in [7, 11) is 0. The highest BCUT2D eigenvalue weighted by atomic mass is 35.5. The van der Waals surface area contributed by atoms with E-state index in [9.17, 15) is 9.59 Å². The fourth-order valence-electron chi connectivity index (χ4n) is 2.70. The molecule has 6 nitrogen and oxygen atoms in total. The molecule has 0 bridgehead atoms. The largest absolute Gasteiger partial charge is 0.339 e. The third-order valence-corrected chi connectivity index (χ3v) is 4.23. The Morgan fingerprint density at radius 3 is 2.68 bits per heavy atom. The Bertz CT molecular complexity index is 758. The molecule has 0 unspecified atom stereocenters. The maximum atomic E-state index is 12.4. The fraction of sp³-hybridized carbons (Fsp3) is 0.278. The lowest BCUT2D eigenvalue weighted by Crippen LogP contribution is -2.29. The minimum Gasteiger partial charge on any atom is -0.339 e. The van der Waals surface area contributed by atoms with Crippen molar-refractivity contribution in [2.45, 2.75) is 19.4 Å². The average Bonchev–Trinajstić information content (AvgIpc) is 3.15. The van der Waals surface area contributed by atoms with Crippen molar-refractivity contribution in [2.75, 3.05) is 18.4 Å². The van der Waals surface area contributed by atoms with Gasteiger partial charge in [-0.25, -0.2) is 9.78 Å². The summed E-state index contributed by atoms with van der Waals surface area (Å²) in [5.74, 6) is 0.00815. The molecule has 2 N–H and O–H groups in total. The van der Waals surface area contributed by atoms with Crippen LogP contribution in [0.25, 0.3) is 0 Å². The number of nitrogens with one attached hydrogen (secondary N) is 2. The number of aromatic nitrogens is 1. The number of nitrogens with zero attached hydrogens (tertiary/aromatic N) is 2. The van der Waals surface area contributed by atoms with E-state index in [0.717, 1.165) is 31.5 Å². The lowest BCUT2D eigenvalue weighted by molar-refractivity contribution is 0.0793. The van der Waals surface area contributed by atoms with Crippen LogP contribution in [0.4, 0.5) is 10.5 Å². The summed E-state index contributed by atoms with van der Waals surface area (Å²) in [5.41, 5.74) is 2.01. The molecule has 0 atom stereocenters. The highest BCUT2D eigenvalue weighted by molar-refractivity contribution is 6.29. The molecule has 0 radical (unpaired) electrons. The molecular weight excluding hydrogens is 340 g/mol. The Labute approximate surface area is 151 Å². The molecule has 1 saturated heterocycles. The molecule has 0 saturated carbocycles. The number of hydrogen-bond donors (Lipinski definition) is 2. The Balaban J connectivity index is 1.56. The molecule has 1 fully saturated rings. The van der Waals surface area contributed by atoms with E-state index < -0.39 is 0 Å². The number of urea groups is 1. The highest BCUT2D eigenvalue weighted by Crippen LogP contribution is 2.16. The standard InChI is InChI=1S/C18H19ClN4O2/c19-16-7-6-13(11-20-16)12-21-18(25)22-15-5-3-4-14(10-15)17(24)23-8-1-2-9-23/h3-7,10-11H,1-2,8-9,12H2,(H2,21,22,25). The van der Waals surface area contributed by atoms with Gasteiger partial charge in [0.05, 0.1) is 0 Å². The normalized spacial score (nSPS) is 13.6. The Hall–Kier alpha value is -2.60. The first-order valence-corrected chi connectivity index (χ1v) is 8.54. The van der Waals surface area contributed by atoms with Crippen LogP contribution in [-0.4, -0.2) is 34.9 Å². The molecule has 2 heterocycles. The van der Waals surface area contributed by atoms with Gasteiger partial charge in [0.25, 0.3) is 5.91 Å². The van der Waals surface area contributed by atoms with Gasteiger partial charge in [-0.05, 0) is 42.7 Å². The van der Waals surface area contributed by atoms with Crippen molar-refractivity contribution < 1.29 is 9.59 Å². The first-order chi connectivity index (χ1) is 12.1. The van der Waals surface area contributed by atoms with Crippen molar-refractivity contribution in [1.82, 2.24) is 15.2 Å². The van der Waals surface area contributed by atoms with Crippen molar-refractivity contribution in [2.24, 2.45) is 0 Å². The number of benzene rings is 1. The monoisotopic (exact) mass is 358 g/mol. The van der Waals surface area contributed by atoms with Crippen LogP contribution < -0.4 is 10.6 Å². The maximum absolute atomic E-state index is 12.4. The Kier molecular flexibility index (Phi) is 5.50. The second-order valence-corrected chi connectivity index (χ2v) is 6.26. The van der Waals surface area contributed by atoms with Crippen LogP contribution in [0.3, 0.4) is 0 Å². The van der Waals surface area contributed by atoms with Crippen molar-refractivity contribution in [1.29, 1.82) is 0 Å². The van der Waals surface area contributed by atoms with Crippen LogP contribution in [0.2, 0.25) is 5.15 Å². The van der Waals surface area contributed by atoms with Crippen molar-refractivity contribution >= 4 is 29.2 Å². The predicted octanol–water partition coefficient (Wildman–Crippen LogP) is 3.29. The third-order valence-electron chi connectivity index (χ3n) is 4.00. The smallest absolute Gasteiger partial charge is 0.319 e. The lowest BCUT2D eigenvalue weighted by Gasteiger charge is -2.16. The van der Waals surface area contributed by atoms with E-state index in [1.165, 1.54) is 0 Å². The summed E-state index contributed by atoms with van der Waals surface area (Å²) in [6, 6.07) is 10.1. The molecule has 0 spiro atoms. The molecule has 0 aliphatic carbocycles. The van der Waals surface area contributed by atoms with E-state index in [2.05, 4.69) is 15.6 Å². The van der Waals surface area contributed by atoms with Crippen LogP contribution in [0.15, 0.2) is 42.6 Å². The van der Waals surface area contributed by atoms with Gasteiger partial charge in [-0.3, -0.25) is 4.79 Å². The summed E-state index contributed by atoms with van der Waals surface area (Å²) in [4.78, 5) is 30.2. The van der Waals surface area contributed by atoms with E-state index >= 15 is 0 Å². The van der Waals surface area contributed by atoms with Gasteiger partial charge < -0.3 is 15.5 Å². The summed E-state index contributed by atoms with van der Waals surface area (Å²) < 4.78 is 0. The zero-order valence-corrected chi connectivity index (χ0v) is 14.4. The number of hydrogen-bond acceptors (Lipinski definition) is 3. The van der Waals surface area contributed by atoms with E-state index in [0.29, 0.717) is 22.9 Å². The minimum atomic E-state index is -0.347. The third kappa shape index (κ3) is 4.70. The highest BCUT2D eigenvalue weighted by Gasteiger charge is 2.19. The Morgan fingerprint density at radius 1 is 1.16 bits per heavy atom. The molecule has 25 heavy (non-hydrogen) atoms. The van der Waals surface area contributed by atoms with E-state index in [1.54, 1.807) is 42.6 Å². The van der Waals surface area contributed by atoms with E-state index in [1.807, 2.05) is 4.90 Å². The van der Waals surface area contributed by atoms with Gasteiger partial charge in [-0.2, -0.15) is 0 Å². The van der Waals surface area contributed by atoms with Gasteiger partial charge in [-0.15, -0.1) is 0 Å². The number of pyridine rings is 1. The summed E-state index contributed by atoms with van der Waals surface area (Å²) >= 11 is 5.73. The Morgan fingerprint density at radius 2 is 1.96 bits per heavy atom. The quantitative estimate of drug-likeness (QED) is 0.823. The van der Waals surface area contributed by atoms with Crippen LogP contribution in [-0.2, 0) is 6.54 Å². The number of anilines is 1. The molecule has 130 valence electrons. The van der Waals surface area contributed by atoms with Crippen molar-refractivity contribution in [3.8, 4) is 0 Å². The molecule has 2 aromatic rings. The number of carbonyl (C=O) groups excluding carboxylic acids is 2. The van der Waals surface area contributed by atoms with Crippen molar-refractivity contribution in [3.63, 3.8) is 0 Å². The molecule has 1 aliphatic heterocycles. The molecule has 3 rings (SSSR count). The van der Waals surface area contributed by atoms with Crippen LogP contribution in [0.1, 0.15) is 28.8 Å². The topological polar surface area (TPSA) is 74.3 Å². The molecule has 1 aliphatic rings. The maximum Gasteiger partial charge on any atom is 0.319 e. The van der Waals surface area contributed by atoms with Crippen molar-refractivity contribution in [3.05, 3.63) is 58.9 Å². The van der Waals surface area contributed by atoms with E-state index in [4.69, 9.17) is 11.6 Å². The second kappa shape index (κ2) is 7.98. The van der Waals surface area contributed by atoms with Crippen LogP contribution >= 0.6 is 11.6 Å². The first-order valence-electron chi connectivity index (χ1n) is 8.16. The molecule has 1 aromatic carbocycles. The van der Waals surface area contributed by atoms with Gasteiger partial charge in [0.15, 0.2) is 0 Å². The van der Waals surface area contributed by atoms with E-state index in [-0.39, 0.29) is 11.9 Å². The van der Waals surface area contributed by atoms with Crippen LogP contribution in [0.5, 0.6) is 0 Å². The molecule has 3 amide bonds. The minimum absolute atomic E-state index is 0.00815. The number of likely N-dealkylation sites (tertiary alicyclic amines) is 1. The molecule has 7 heteroatoms. The number of halogens is 1. The SMILES string of the molecule is O=C(NCc1ccc(Cl)nc1)Nc1cccc(C(=O)N2CCCC2)c1. The number of amides is 3. The number of carbonyl (C=O) groups is 2. The van der Waals surface area contributed by atoms with Gasteiger partial charge in [-0.1, -0.05) is 23.7 Å². The fourth-order valence-corrected chi connectivity index (χ4v) is 2.81. The first kappa shape index (κ1) is 17.2. The second-order valence-electron chi connectivity index (χ2n) is 5.88. The summed E-state index contributed by atoms with van der Waals surface area (Å²) in [6.07, 6.45) is 3.70. The summed E-state index contributed by atoms with van der Waals surface area (Å²) in [5, 5.41) is 5.89. The van der Waals surface area contributed by atoms with Gasteiger partial charge >= 0.3 is 6.03 Å². The zero-order valence-electron chi connectivity index (χ0n) is 13.7. The van der Waals surface area contributed by atoms with Gasteiger partial charge in [0, 0.05) is 37.1 Å². The lowest BCUT2D eigenvalue weighted by atomic mass is 10.2. The van der Waals surface area contributed by atoms with Gasteiger partial charge in [0.2, 0.25) is 0 Å². The van der Waals surface area contributed by atoms with Gasteiger partial charge in [0.1, 0.15) is 5.15 Å². The summed E-state index contributed by atoms with van der Waals surface area (Å²) in [6.45, 7) is 1.93. The molecular formula is C18H19ClN4O2. The molecule has 1 aromatic heterocycles. The van der Waals surface area contributed by atoms with Crippen LogP contribution in [0, 0.1) is 0 Å².